The van der Waals surface area contributed by atoms with Gasteiger partial charge in [0.1, 0.15) is 0 Å². The van der Waals surface area contributed by atoms with Crippen molar-refractivity contribution in [1.82, 2.24) is 10.2 Å². The number of nitrogens with one attached hydrogen (secondary N) is 1. The lowest BCUT2D eigenvalue weighted by atomic mass is 10.0. The largest absolute Gasteiger partial charge is 0.772 e. The Bertz CT molecular complexity index is 596. The number of aromatic amines is 1. The van der Waals surface area contributed by atoms with Crippen LogP contribution in [0.5, 0.6) is 0 Å². The molecule has 0 aliphatic heterocycles. The second kappa shape index (κ2) is 5.14. The van der Waals surface area contributed by atoms with Gasteiger partial charge < -0.3 is 4.55 Å². The molecule has 4 nitrogen and oxygen atoms in total. The van der Waals surface area contributed by atoms with Gasteiger partial charge in [0.25, 0.3) is 0 Å². The van der Waals surface area contributed by atoms with Crippen LogP contribution in [0.15, 0.2) is 30.6 Å². The molecule has 0 saturated carbocycles. The summed E-state index contributed by atoms with van der Waals surface area (Å²) >= 11 is -2.57. The lowest BCUT2D eigenvalue weighted by Gasteiger charge is -2.15. The molecule has 19 heavy (non-hydrogen) atoms. The second-order valence-electron chi connectivity index (χ2n) is 3.80. The third kappa shape index (κ3) is 3.21. The molecule has 0 spiro atoms. The van der Waals surface area contributed by atoms with Crippen molar-refractivity contribution in [3.63, 3.8) is 0 Å². The number of H-pyrrole nitrogens is 1. The zero-order valence-corrected chi connectivity index (χ0v) is 10.2. The molecule has 1 heterocycles. The van der Waals surface area contributed by atoms with E-state index in [-0.39, 0.29) is 5.56 Å². The second-order valence-corrected chi connectivity index (χ2v) is 4.70. The summed E-state index contributed by atoms with van der Waals surface area (Å²) in [5, 5.41) is 6.16. The maximum atomic E-state index is 12.9. The van der Waals surface area contributed by atoms with E-state index in [1.165, 1.54) is 24.5 Å². The molecule has 0 fully saturated rings. The topological polar surface area (TPSA) is 68.8 Å². The van der Waals surface area contributed by atoms with Crippen molar-refractivity contribution < 1.29 is 21.9 Å². The van der Waals surface area contributed by atoms with E-state index in [9.17, 15) is 21.9 Å². The first-order valence-corrected chi connectivity index (χ1v) is 6.37. The molecule has 1 unspecified atom stereocenters. The molecule has 102 valence electrons. The summed E-state index contributed by atoms with van der Waals surface area (Å²) in [6.07, 6.45) is -1.75. The summed E-state index contributed by atoms with van der Waals surface area (Å²) in [5.74, 6) is -0.666. The molecule has 0 aliphatic rings. The van der Waals surface area contributed by atoms with Crippen LogP contribution in [0.4, 0.5) is 13.2 Å². The SMILES string of the molecule is O=S([O-])Cc1ccc(-c2cn[nH]c2)cc1C(F)(F)F. The summed E-state index contributed by atoms with van der Waals surface area (Å²) < 4.78 is 59.8. The van der Waals surface area contributed by atoms with Crippen molar-refractivity contribution in [3.8, 4) is 11.1 Å². The van der Waals surface area contributed by atoms with Crippen molar-refractivity contribution in [3.05, 3.63) is 41.7 Å². The van der Waals surface area contributed by atoms with Crippen molar-refractivity contribution >= 4 is 11.1 Å². The molecule has 0 amide bonds. The molecular formula is C11H8F3N2O2S-. The van der Waals surface area contributed by atoms with E-state index in [0.717, 1.165) is 6.07 Å². The van der Waals surface area contributed by atoms with E-state index in [0.29, 0.717) is 11.1 Å². The predicted octanol–water partition coefficient (Wildman–Crippen LogP) is 2.47. The third-order valence-electron chi connectivity index (χ3n) is 2.52. The van der Waals surface area contributed by atoms with Crippen LogP contribution < -0.4 is 0 Å². The Morgan fingerprint density at radius 2 is 2.05 bits per heavy atom. The molecule has 8 heteroatoms. The maximum absolute atomic E-state index is 12.9. The molecule has 2 rings (SSSR count). The normalized spacial score (nSPS) is 13.5. The average Bonchev–Trinajstić information content (AvgIpc) is 2.80. The monoisotopic (exact) mass is 289 g/mol. The van der Waals surface area contributed by atoms with Gasteiger partial charge in [-0.15, -0.1) is 0 Å². The highest BCUT2D eigenvalue weighted by Crippen LogP contribution is 2.35. The van der Waals surface area contributed by atoms with E-state index in [1.54, 1.807) is 0 Å². The highest BCUT2D eigenvalue weighted by atomic mass is 32.2. The highest BCUT2D eigenvalue weighted by molar-refractivity contribution is 7.78. The van der Waals surface area contributed by atoms with Crippen LogP contribution in [0.2, 0.25) is 0 Å². The zero-order valence-electron chi connectivity index (χ0n) is 9.40. The minimum absolute atomic E-state index is 0.270. The molecular weight excluding hydrogens is 281 g/mol. The fraction of sp³-hybridized carbons (Fsp3) is 0.182. The molecule has 1 N–H and O–H groups in total. The fourth-order valence-electron chi connectivity index (χ4n) is 1.68. The van der Waals surface area contributed by atoms with E-state index >= 15 is 0 Å². The maximum Gasteiger partial charge on any atom is 0.416 e. The van der Waals surface area contributed by atoms with Gasteiger partial charge in [-0.2, -0.15) is 18.3 Å². The Morgan fingerprint density at radius 1 is 1.32 bits per heavy atom. The first-order chi connectivity index (χ1) is 8.88. The number of aromatic nitrogens is 2. The molecule has 0 saturated heterocycles. The molecule has 0 radical (unpaired) electrons. The van der Waals surface area contributed by atoms with Gasteiger partial charge in [-0.1, -0.05) is 23.2 Å². The Labute approximate surface area is 108 Å². The van der Waals surface area contributed by atoms with E-state index in [1.807, 2.05) is 0 Å². The van der Waals surface area contributed by atoms with Crippen LogP contribution >= 0.6 is 0 Å². The predicted molar refractivity (Wildman–Crippen MR) is 61.6 cm³/mol. The number of hydrogen-bond donors (Lipinski definition) is 1. The molecule has 2 aromatic rings. The number of hydrogen-bond acceptors (Lipinski definition) is 3. The van der Waals surface area contributed by atoms with Gasteiger partial charge in [0.05, 0.1) is 11.8 Å². The van der Waals surface area contributed by atoms with Gasteiger partial charge in [-0.25, -0.2) is 0 Å². The Kier molecular flexibility index (Phi) is 3.72. The highest BCUT2D eigenvalue weighted by Gasteiger charge is 2.33. The summed E-state index contributed by atoms with van der Waals surface area (Å²) in [4.78, 5) is 0. The molecule has 1 atom stereocenters. The average molecular weight is 289 g/mol. The van der Waals surface area contributed by atoms with Crippen LogP contribution in [-0.4, -0.2) is 19.0 Å². The van der Waals surface area contributed by atoms with Gasteiger partial charge in [-0.05, 0) is 17.2 Å². The minimum atomic E-state index is -4.60. The number of rotatable bonds is 3. The molecule has 1 aromatic heterocycles. The Hall–Kier alpha value is -1.67. The van der Waals surface area contributed by atoms with Gasteiger partial charge in [0.15, 0.2) is 0 Å². The van der Waals surface area contributed by atoms with Gasteiger partial charge in [0.2, 0.25) is 0 Å². The number of halogens is 3. The van der Waals surface area contributed by atoms with Crippen molar-refractivity contribution in [1.29, 1.82) is 0 Å². The Morgan fingerprint density at radius 3 is 2.58 bits per heavy atom. The van der Waals surface area contributed by atoms with Crippen LogP contribution in [0.3, 0.4) is 0 Å². The van der Waals surface area contributed by atoms with Crippen LogP contribution in [0, 0.1) is 0 Å². The quantitative estimate of drug-likeness (QED) is 0.882. The van der Waals surface area contributed by atoms with E-state index < -0.39 is 28.6 Å². The Balaban J connectivity index is 2.51. The molecule has 1 aromatic carbocycles. The van der Waals surface area contributed by atoms with Crippen molar-refractivity contribution in [2.24, 2.45) is 0 Å². The van der Waals surface area contributed by atoms with E-state index in [2.05, 4.69) is 10.2 Å². The fourth-order valence-corrected chi connectivity index (χ4v) is 2.19. The molecule has 0 aliphatic carbocycles. The number of nitrogens with zero attached hydrogens (tertiary/aromatic N) is 1. The summed E-state index contributed by atoms with van der Waals surface area (Å²) in [7, 11) is 0. The van der Waals surface area contributed by atoms with Gasteiger partial charge in [0, 0.05) is 17.5 Å². The number of benzene rings is 1. The first-order valence-electron chi connectivity index (χ1n) is 5.13. The summed E-state index contributed by atoms with van der Waals surface area (Å²) in [6, 6.07) is 3.52. The minimum Gasteiger partial charge on any atom is -0.772 e. The van der Waals surface area contributed by atoms with Crippen LogP contribution in [0.1, 0.15) is 11.1 Å². The summed E-state index contributed by atoms with van der Waals surface area (Å²) in [6.45, 7) is 0. The van der Waals surface area contributed by atoms with Crippen molar-refractivity contribution in [2.75, 3.05) is 0 Å². The smallest absolute Gasteiger partial charge is 0.416 e. The first kappa shape index (κ1) is 13.8. The van der Waals surface area contributed by atoms with Crippen molar-refractivity contribution in [2.45, 2.75) is 11.9 Å². The van der Waals surface area contributed by atoms with Crippen LogP contribution in [0.25, 0.3) is 11.1 Å². The zero-order chi connectivity index (χ0) is 14.0. The van der Waals surface area contributed by atoms with Crippen LogP contribution in [-0.2, 0) is 23.0 Å². The standard InChI is InChI=1S/C11H9F3N2O2S/c12-11(13,14)10-3-7(9-4-15-16-5-9)1-2-8(10)6-19(17)18/h1-5H,6H2,(H,15,16)(H,17,18)/p-1. The lowest BCUT2D eigenvalue weighted by molar-refractivity contribution is -0.138. The van der Waals surface area contributed by atoms with Gasteiger partial charge >= 0.3 is 6.18 Å². The summed E-state index contributed by atoms with van der Waals surface area (Å²) in [5.41, 5.74) is -0.398. The third-order valence-corrected chi connectivity index (χ3v) is 3.07. The van der Waals surface area contributed by atoms with Gasteiger partial charge in [-0.3, -0.25) is 9.31 Å². The lowest BCUT2D eigenvalue weighted by Crippen LogP contribution is -2.10. The number of alkyl halides is 3. The van der Waals surface area contributed by atoms with E-state index in [4.69, 9.17) is 0 Å². The molecule has 0 bridgehead atoms.